The molecular formula is C12H25IN2O. The Morgan fingerprint density at radius 1 is 1.44 bits per heavy atom. The molecule has 0 heterocycles. The number of likely N-dealkylation sites (N-methyl/N-ethyl adjacent to an activating group) is 1. The van der Waals surface area contributed by atoms with E-state index in [1.54, 1.807) is 6.92 Å². The molecule has 96 valence electrons. The highest BCUT2D eigenvalue weighted by Crippen LogP contribution is 1.84. The fourth-order valence-electron chi connectivity index (χ4n) is 0.648. The van der Waals surface area contributed by atoms with Gasteiger partial charge in [0.25, 0.3) is 0 Å². The number of halogens is 1. The Morgan fingerprint density at radius 2 is 1.94 bits per heavy atom. The number of nitrogens with one attached hydrogen (secondary N) is 1. The molecule has 3 nitrogen and oxygen atoms in total. The van der Waals surface area contributed by atoms with Gasteiger partial charge in [0.15, 0.2) is 0 Å². The average Bonchev–Trinajstić information content (AvgIpc) is 2.14. The fourth-order valence-corrected chi connectivity index (χ4v) is 0.648. The number of rotatable bonds is 5. The summed E-state index contributed by atoms with van der Waals surface area (Å²) in [5, 5.41) is 2.69. The Bertz CT molecular complexity index is 203. The maximum absolute atomic E-state index is 10.7. The van der Waals surface area contributed by atoms with Crippen LogP contribution in [0.5, 0.6) is 0 Å². The summed E-state index contributed by atoms with van der Waals surface area (Å²) >= 11 is 0. The smallest absolute Gasteiger partial charge is 0.246 e. The van der Waals surface area contributed by atoms with Crippen molar-refractivity contribution in [1.29, 1.82) is 0 Å². The Balaban J connectivity index is -0.000000214. The lowest BCUT2D eigenvalue weighted by Crippen LogP contribution is -2.24. The molecule has 0 aliphatic carbocycles. The maximum atomic E-state index is 10.7. The van der Waals surface area contributed by atoms with E-state index in [1.807, 2.05) is 27.1 Å². The quantitative estimate of drug-likeness (QED) is 0.474. The lowest BCUT2D eigenvalue weighted by molar-refractivity contribution is -0.117. The van der Waals surface area contributed by atoms with Crippen molar-refractivity contribution in [1.82, 2.24) is 10.2 Å². The van der Waals surface area contributed by atoms with Gasteiger partial charge in [0.2, 0.25) is 5.91 Å². The van der Waals surface area contributed by atoms with Crippen LogP contribution in [0.1, 0.15) is 20.3 Å². The van der Waals surface area contributed by atoms with Gasteiger partial charge < -0.3 is 10.2 Å². The van der Waals surface area contributed by atoms with Gasteiger partial charge in [-0.15, -0.1) is 30.6 Å². The molecule has 0 radical (unpaired) electrons. The normalized spacial score (nSPS) is 8.31. The Hall–Kier alpha value is -0.360. The predicted molar refractivity (Wildman–Crippen MR) is 82.3 cm³/mol. The topological polar surface area (TPSA) is 32.3 Å². The second-order valence-electron chi connectivity index (χ2n) is 3.59. The van der Waals surface area contributed by atoms with Crippen LogP contribution in [0.3, 0.4) is 0 Å². The molecule has 0 bridgehead atoms. The SMILES string of the molecule is C=C(C)C(=O)NCCC.C=CCN(C)C.I. The third-order valence-electron chi connectivity index (χ3n) is 1.42. The van der Waals surface area contributed by atoms with Crippen molar-refractivity contribution in [3.63, 3.8) is 0 Å². The van der Waals surface area contributed by atoms with E-state index in [2.05, 4.69) is 23.4 Å². The summed E-state index contributed by atoms with van der Waals surface area (Å²) < 4.78 is 0. The second-order valence-corrected chi connectivity index (χ2v) is 3.59. The molecule has 0 spiro atoms. The fraction of sp³-hybridized carbons (Fsp3) is 0.583. The molecule has 0 aromatic carbocycles. The van der Waals surface area contributed by atoms with Gasteiger partial charge in [-0.1, -0.05) is 19.6 Å². The molecule has 0 fully saturated rings. The largest absolute Gasteiger partial charge is 0.352 e. The lowest BCUT2D eigenvalue weighted by Gasteiger charge is -2.01. The van der Waals surface area contributed by atoms with Gasteiger partial charge in [-0.3, -0.25) is 4.79 Å². The predicted octanol–water partition coefficient (Wildman–Crippen LogP) is 2.44. The van der Waals surface area contributed by atoms with Crippen molar-refractivity contribution in [2.24, 2.45) is 0 Å². The number of carbonyl (C=O) groups excluding carboxylic acids is 1. The van der Waals surface area contributed by atoms with Crippen LogP contribution in [-0.4, -0.2) is 38.0 Å². The molecule has 0 aromatic heterocycles. The molecule has 16 heavy (non-hydrogen) atoms. The summed E-state index contributed by atoms with van der Waals surface area (Å²) in [6, 6.07) is 0. The summed E-state index contributed by atoms with van der Waals surface area (Å²) in [6.45, 7) is 12.5. The average molecular weight is 340 g/mol. The highest BCUT2D eigenvalue weighted by atomic mass is 127. The first-order valence-corrected chi connectivity index (χ1v) is 5.15. The first-order valence-electron chi connectivity index (χ1n) is 5.15. The molecule has 0 atom stereocenters. The minimum atomic E-state index is -0.0446. The van der Waals surface area contributed by atoms with Crippen LogP contribution in [0.2, 0.25) is 0 Å². The number of hydrogen-bond donors (Lipinski definition) is 1. The van der Waals surface area contributed by atoms with E-state index in [4.69, 9.17) is 0 Å². The number of amides is 1. The third-order valence-corrected chi connectivity index (χ3v) is 1.42. The van der Waals surface area contributed by atoms with Crippen molar-refractivity contribution in [3.05, 3.63) is 24.8 Å². The van der Waals surface area contributed by atoms with Crippen LogP contribution in [0.25, 0.3) is 0 Å². The zero-order chi connectivity index (χ0) is 12.3. The van der Waals surface area contributed by atoms with Crippen molar-refractivity contribution in [2.75, 3.05) is 27.2 Å². The Morgan fingerprint density at radius 3 is 2.12 bits per heavy atom. The first-order chi connectivity index (χ1) is 6.95. The van der Waals surface area contributed by atoms with E-state index < -0.39 is 0 Å². The molecule has 0 unspecified atom stereocenters. The third kappa shape index (κ3) is 19.2. The lowest BCUT2D eigenvalue weighted by atomic mass is 10.3. The van der Waals surface area contributed by atoms with Crippen molar-refractivity contribution in [2.45, 2.75) is 20.3 Å². The second kappa shape index (κ2) is 14.6. The molecule has 0 saturated carbocycles. The van der Waals surface area contributed by atoms with E-state index in [1.165, 1.54) is 0 Å². The van der Waals surface area contributed by atoms with Crippen molar-refractivity contribution < 1.29 is 4.79 Å². The van der Waals surface area contributed by atoms with Crippen LogP contribution in [0.4, 0.5) is 0 Å². The summed E-state index contributed by atoms with van der Waals surface area (Å²) in [7, 11) is 4.03. The Labute approximate surface area is 117 Å². The minimum absolute atomic E-state index is 0. The van der Waals surface area contributed by atoms with E-state index in [9.17, 15) is 4.79 Å². The number of carbonyl (C=O) groups is 1. The maximum Gasteiger partial charge on any atom is 0.246 e. The molecule has 0 aliphatic heterocycles. The highest BCUT2D eigenvalue weighted by molar-refractivity contribution is 14.0. The van der Waals surface area contributed by atoms with Gasteiger partial charge >= 0.3 is 0 Å². The monoisotopic (exact) mass is 340 g/mol. The van der Waals surface area contributed by atoms with Gasteiger partial charge in [0.05, 0.1) is 0 Å². The summed E-state index contributed by atoms with van der Waals surface area (Å²) in [5.74, 6) is -0.0446. The summed E-state index contributed by atoms with van der Waals surface area (Å²) in [4.78, 5) is 12.8. The standard InChI is InChI=1S/C7H13NO.C5H11N.HI/c1-4-5-8-7(9)6(2)3;1-4-5-6(2)3;/h2,4-5H2,1,3H3,(H,8,9);4H,1,5H2,2-3H3;1H. The minimum Gasteiger partial charge on any atom is -0.352 e. The molecule has 1 amide bonds. The molecule has 0 saturated heterocycles. The summed E-state index contributed by atoms with van der Waals surface area (Å²) in [6.07, 6.45) is 2.85. The summed E-state index contributed by atoms with van der Waals surface area (Å²) in [5.41, 5.74) is 0.573. The van der Waals surface area contributed by atoms with E-state index >= 15 is 0 Å². The molecular weight excluding hydrogens is 315 g/mol. The van der Waals surface area contributed by atoms with Gasteiger partial charge in [0, 0.05) is 18.7 Å². The number of hydrogen-bond acceptors (Lipinski definition) is 2. The van der Waals surface area contributed by atoms with Crippen LogP contribution < -0.4 is 5.32 Å². The molecule has 1 N–H and O–H groups in total. The highest BCUT2D eigenvalue weighted by Gasteiger charge is 1.96. The van der Waals surface area contributed by atoms with Crippen molar-refractivity contribution in [3.8, 4) is 0 Å². The van der Waals surface area contributed by atoms with Gasteiger partial charge in [0.1, 0.15) is 0 Å². The molecule has 0 aromatic rings. The van der Waals surface area contributed by atoms with Crippen molar-refractivity contribution >= 4 is 29.9 Å². The molecule has 0 aliphatic rings. The van der Waals surface area contributed by atoms with E-state index in [0.29, 0.717) is 5.57 Å². The van der Waals surface area contributed by atoms with Crippen LogP contribution in [0, 0.1) is 0 Å². The molecule has 0 rings (SSSR count). The zero-order valence-electron chi connectivity index (χ0n) is 10.9. The van der Waals surface area contributed by atoms with Gasteiger partial charge in [-0.2, -0.15) is 0 Å². The van der Waals surface area contributed by atoms with Gasteiger partial charge in [-0.05, 0) is 27.4 Å². The first kappa shape index (κ1) is 21.0. The van der Waals surface area contributed by atoms with E-state index in [0.717, 1.165) is 19.5 Å². The van der Waals surface area contributed by atoms with E-state index in [-0.39, 0.29) is 29.9 Å². The van der Waals surface area contributed by atoms with Crippen LogP contribution in [-0.2, 0) is 4.79 Å². The molecule has 4 heteroatoms. The van der Waals surface area contributed by atoms with Crippen LogP contribution >= 0.6 is 24.0 Å². The number of nitrogens with zero attached hydrogens (tertiary/aromatic N) is 1. The van der Waals surface area contributed by atoms with Gasteiger partial charge in [-0.25, -0.2) is 0 Å². The van der Waals surface area contributed by atoms with Crippen LogP contribution in [0.15, 0.2) is 24.8 Å². The Kier molecular flexibility index (Phi) is 19.2. The zero-order valence-corrected chi connectivity index (χ0v) is 13.2.